The van der Waals surface area contributed by atoms with Gasteiger partial charge in [0.25, 0.3) is 0 Å². The Labute approximate surface area is 97.7 Å². The molecule has 0 radical (unpaired) electrons. The topological polar surface area (TPSA) is 22.1 Å². The van der Waals surface area contributed by atoms with Crippen molar-refractivity contribution in [2.45, 2.75) is 33.8 Å². The van der Waals surface area contributed by atoms with Crippen LogP contribution in [0.3, 0.4) is 0 Å². The zero-order valence-corrected chi connectivity index (χ0v) is 10.2. The molecular weight excluding hydrogens is 198 g/mol. The van der Waals surface area contributed by atoms with Crippen LogP contribution in [0.15, 0.2) is 42.3 Å². The average Bonchev–Trinajstić information content (AvgIpc) is 2.28. The fraction of sp³-hybridized carbons (Fsp3) is 0.357. The third-order valence-electron chi connectivity index (χ3n) is 2.23. The van der Waals surface area contributed by atoms with Gasteiger partial charge in [-0.1, -0.05) is 19.1 Å². The number of aryl methyl sites for hydroxylation is 1. The lowest BCUT2D eigenvalue weighted by atomic mass is 10.2. The van der Waals surface area contributed by atoms with Gasteiger partial charge < -0.3 is 4.74 Å². The zero-order valence-electron chi connectivity index (χ0n) is 10.2. The molecule has 1 aromatic rings. The van der Waals surface area contributed by atoms with Crippen LogP contribution in [0, 0.1) is 6.92 Å². The predicted octanol–water partition coefficient (Wildman–Crippen LogP) is 3.78. The Hall–Kier alpha value is -1.57. The van der Waals surface area contributed by atoms with E-state index in [1.165, 1.54) is 5.56 Å². The van der Waals surface area contributed by atoms with E-state index in [2.05, 4.69) is 18.0 Å². The predicted molar refractivity (Wildman–Crippen MR) is 67.0 cm³/mol. The summed E-state index contributed by atoms with van der Waals surface area (Å²) in [4.78, 5) is 4.29. The van der Waals surface area contributed by atoms with Crippen molar-refractivity contribution in [3.8, 4) is 0 Å². The van der Waals surface area contributed by atoms with Gasteiger partial charge in [-0.2, -0.15) is 0 Å². The van der Waals surface area contributed by atoms with Crippen LogP contribution in [0.4, 0.5) is 0 Å². The number of ether oxygens (including phenoxy) is 1. The quantitative estimate of drug-likeness (QED) is 0.553. The molecule has 0 unspecified atom stereocenters. The monoisotopic (exact) mass is 217 g/mol. The first-order valence-corrected chi connectivity index (χ1v) is 5.64. The van der Waals surface area contributed by atoms with Gasteiger partial charge in [-0.05, 0) is 44.1 Å². The normalized spacial score (nSPS) is 12.1. The highest BCUT2D eigenvalue weighted by atomic mass is 16.5. The molecule has 0 aliphatic heterocycles. The van der Waals surface area contributed by atoms with E-state index in [0.717, 1.165) is 17.9 Å². The molecule has 0 amide bonds. The number of hydrogen-bond donors (Lipinski definition) is 0. The number of aromatic nitrogens is 1. The molecule has 1 heterocycles. The number of allylic oxidation sites excluding steroid dienone is 3. The lowest BCUT2D eigenvalue weighted by Gasteiger charge is -2.08. The molecule has 0 saturated heterocycles. The first kappa shape index (κ1) is 12.5. The van der Waals surface area contributed by atoms with E-state index in [-0.39, 0.29) is 0 Å². The Kier molecular flexibility index (Phi) is 5.34. The minimum absolute atomic E-state index is 0.531. The molecular formula is C14H19NO. The Balaban J connectivity index is 2.63. The van der Waals surface area contributed by atoms with E-state index in [1.54, 1.807) is 6.20 Å². The fourth-order valence-electron chi connectivity index (χ4n) is 1.36. The summed E-state index contributed by atoms with van der Waals surface area (Å²) < 4.78 is 5.70. The van der Waals surface area contributed by atoms with E-state index < -0.39 is 0 Å². The van der Waals surface area contributed by atoms with Crippen molar-refractivity contribution >= 4 is 0 Å². The minimum atomic E-state index is 0.531. The van der Waals surface area contributed by atoms with Crippen molar-refractivity contribution in [3.05, 3.63) is 53.6 Å². The number of rotatable bonds is 5. The highest BCUT2D eigenvalue weighted by Gasteiger charge is 1.99. The molecule has 16 heavy (non-hydrogen) atoms. The number of nitrogens with zero attached hydrogens (tertiary/aromatic N) is 1. The minimum Gasteiger partial charge on any atom is -0.488 e. The summed E-state index contributed by atoms with van der Waals surface area (Å²) in [7, 11) is 0. The lowest BCUT2D eigenvalue weighted by Crippen LogP contribution is -1.97. The van der Waals surface area contributed by atoms with Gasteiger partial charge >= 0.3 is 0 Å². The van der Waals surface area contributed by atoms with Crippen LogP contribution in [-0.2, 0) is 11.3 Å². The van der Waals surface area contributed by atoms with E-state index in [1.807, 2.05) is 38.1 Å². The van der Waals surface area contributed by atoms with Crippen molar-refractivity contribution in [1.29, 1.82) is 0 Å². The molecule has 1 rings (SSSR count). The first-order chi connectivity index (χ1) is 7.77. The van der Waals surface area contributed by atoms with Crippen LogP contribution in [0.5, 0.6) is 0 Å². The van der Waals surface area contributed by atoms with Crippen LogP contribution in [-0.4, -0.2) is 4.98 Å². The second-order valence-corrected chi connectivity index (χ2v) is 3.57. The average molecular weight is 217 g/mol. The molecule has 1 aromatic heterocycles. The largest absolute Gasteiger partial charge is 0.488 e. The first-order valence-electron chi connectivity index (χ1n) is 5.64. The maximum absolute atomic E-state index is 5.70. The van der Waals surface area contributed by atoms with Gasteiger partial charge in [0.1, 0.15) is 12.4 Å². The summed E-state index contributed by atoms with van der Waals surface area (Å²) in [6.07, 6.45) is 8.79. The molecule has 0 spiro atoms. The van der Waals surface area contributed by atoms with Crippen LogP contribution in [0.25, 0.3) is 0 Å². The van der Waals surface area contributed by atoms with Crippen molar-refractivity contribution in [2.24, 2.45) is 0 Å². The van der Waals surface area contributed by atoms with Crippen molar-refractivity contribution in [2.75, 3.05) is 0 Å². The molecule has 0 N–H and O–H groups in total. The summed E-state index contributed by atoms with van der Waals surface area (Å²) in [5.41, 5.74) is 2.16. The van der Waals surface area contributed by atoms with Crippen molar-refractivity contribution in [1.82, 2.24) is 4.98 Å². The van der Waals surface area contributed by atoms with Gasteiger partial charge in [0.15, 0.2) is 0 Å². The van der Waals surface area contributed by atoms with Crippen molar-refractivity contribution < 1.29 is 4.74 Å². The van der Waals surface area contributed by atoms with E-state index >= 15 is 0 Å². The molecule has 0 aliphatic rings. The second kappa shape index (κ2) is 6.83. The maximum atomic E-state index is 5.70. The molecule has 0 atom stereocenters. The van der Waals surface area contributed by atoms with Gasteiger partial charge in [-0.25, -0.2) is 0 Å². The zero-order chi connectivity index (χ0) is 11.8. The van der Waals surface area contributed by atoms with Gasteiger partial charge in [0, 0.05) is 6.20 Å². The number of hydrogen-bond acceptors (Lipinski definition) is 2. The van der Waals surface area contributed by atoms with Crippen LogP contribution in [0.1, 0.15) is 31.5 Å². The standard InChI is InChI=1S/C14H19NO/c1-4-7-13(8-5-2)16-11-14-12(3)9-6-10-15-14/h4,6-10H,5,11H2,1-3H3/b7-4-,13-8+. The Morgan fingerprint density at radius 2 is 2.31 bits per heavy atom. The fourth-order valence-corrected chi connectivity index (χ4v) is 1.36. The van der Waals surface area contributed by atoms with Gasteiger partial charge in [-0.15, -0.1) is 0 Å². The summed E-state index contributed by atoms with van der Waals surface area (Å²) >= 11 is 0. The summed E-state index contributed by atoms with van der Waals surface area (Å²) in [6.45, 7) is 6.66. The molecule has 0 aromatic carbocycles. The number of pyridine rings is 1. The summed E-state index contributed by atoms with van der Waals surface area (Å²) in [6, 6.07) is 3.98. The van der Waals surface area contributed by atoms with Crippen LogP contribution in [0.2, 0.25) is 0 Å². The summed E-state index contributed by atoms with van der Waals surface area (Å²) in [5, 5.41) is 0. The molecule has 86 valence electrons. The molecule has 2 nitrogen and oxygen atoms in total. The van der Waals surface area contributed by atoms with Gasteiger partial charge in [0.2, 0.25) is 0 Å². The second-order valence-electron chi connectivity index (χ2n) is 3.57. The van der Waals surface area contributed by atoms with Crippen molar-refractivity contribution in [3.63, 3.8) is 0 Å². The summed E-state index contributed by atoms with van der Waals surface area (Å²) in [5.74, 6) is 0.912. The molecule has 2 heteroatoms. The molecule has 0 bridgehead atoms. The van der Waals surface area contributed by atoms with Gasteiger partial charge in [0.05, 0.1) is 5.69 Å². The Morgan fingerprint density at radius 3 is 2.94 bits per heavy atom. The van der Waals surface area contributed by atoms with Crippen LogP contribution < -0.4 is 0 Å². The molecule has 0 aliphatic carbocycles. The lowest BCUT2D eigenvalue weighted by molar-refractivity contribution is 0.206. The Bertz CT molecular complexity index is 380. The SMILES string of the molecule is C/C=C\C(=C/CC)OCc1ncccc1C. The Morgan fingerprint density at radius 1 is 1.50 bits per heavy atom. The highest BCUT2D eigenvalue weighted by Crippen LogP contribution is 2.09. The van der Waals surface area contributed by atoms with Crippen LogP contribution >= 0.6 is 0 Å². The van der Waals surface area contributed by atoms with E-state index in [0.29, 0.717) is 6.61 Å². The maximum Gasteiger partial charge on any atom is 0.130 e. The molecule has 0 saturated carbocycles. The molecule has 0 fully saturated rings. The third kappa shape index (κ3) is 3.89. The smallest absolute Gasteiger partial charge is 0.130 e. The third-order valence-corrected chi connectivity index (χ3v) is 2.23. The van der Waals surface area contributed by atoms with E-state index in [9.17, 15) is 0 Å². The highest BCUT2D eigenvalue weighted by molar-refractivity contribution is 5.18. The van der Waals surface area contributed by atoms with Gasteiger partial charge in [-0.3, -0.25) is 4.98 Å². The van der Waals surface area contributed by atoms with E-state index in [4.69, 9.17) is 4.74 Å².